The van der Waals surface area contributed by atoms with Crippen LogP contribution >= 0.6 is 22.7 Å². The summed E-state index contributed by atoms with van der Waals surface area (Å²) in [5.41, 5.74) is 5.42. The Labute approximate surface area is 242 Å². The van der Waals surface area contributed by atoms with Crippen molar-refractivity contribution in [2.75, 3.05) is 0 Å². The van der Waals surface area contributed by atoms with Crippen LogP contribution in [0.3, 0.4) is 0 Å². The van der Waals surface area contributed by atoms with Crippen LogP contribution in [0, 0.1) is 40.4 Å². The van der Waals surface area contributed by atoms with Crippen molar-refractivity contribution in [3.8, 4) is 22.3 Å². The first-order chi connectivity index (χ1) is 19.8. The van der Waals surface area contributed by atoms with E-state index in [0.717, 1.165) is 0 Å². The van der Waals surface area contributed by atoms with Gasteiger partial charge in [0.2, 0.25) is 0 Å². The molecule has 196 valence electrons. The molecule has 0 saturated carbocycles. The maximum atomic E-state index is 2.54. The summed E-state index contributed by atoms with van der Waals surface area (Å²) in [6.45, 7) is 4.59. The Morgan fingerprint density at radius 2 is 1.02 bits per heavy atom. The predicted molar refractivity (Wildman–Crippen MR) is 171 cm³/mol. The third-order valence-electron chi connectivity index (χ3n) is 8.73. The Hall–Kier alpha value is -3.46. The second-order valence-corrected chi connectivity index (χ2v) is 13.6. The summed E-state index contributed by atoms with van der Waals surface area (Å²) >= 11 is 4.07. The van der Waals surface area contributed by atoms with Gasteiger partial charge < -0.3 is 0 Å². The molecular weight excluding hydrogens is 521 g/mol. The number of hydrogen-bond donors (Lipinski definition) is 0. The van der Waals surface area contributed by atoms with Crippen LogP contribution < -0.4 is 0 Å². The summed E-state index contributed by atoms with van der Waals surface area (Å²) in [7, 11) is 0. The first-order valence-electron chi connectivity index (χ1n) is 14.8. The highest BCUT2D eigenvalue weighted by atomic mass is 32.1. The lowest BCUT2D eigenvalue weighted by molar-refractivity contribution is 0.804. The zero-order chi connectivity index (χ0) is 26.8. The number of aryl methyl sites for hydroxylation is 2. The Balaban J connectivity index is 1.61. The molecule has 2 aromatic heterocycles. The molecule has 0 fully saturated rings. The van der Waals surface area contributed by atoms with Gasteiger partial charge in [-0.05, 0) is 82.6 Å². The van der Waals surface area contributed by atoms with Gasteiger partial charge in [-0.3, -0.25) is 0 Å². The highest BCUT2D eigenvalue weighted by Gasteiger charge is 2.22. The molecule has 40 heavy (non-hydrogen) atoms. The summed E-state index contributed by atoms with van der Waals surface area (Å²) in [5, 5.41) is 11.6. The van der Waals surface area contributed by atoms with Crippen LogP contribution in [0.1, 0.15) is 49.3 Å². The monoisotopic (exact) mass is 552 g/mol. The minimum Gasteiger partial charge on any atom is -0.140 e. The Kier molecular flexibility index (Phi) is 5.83. The average molecular weight is 553 g/mol. The van der Waals surface area contributed by atoms with Crippen molar-refractivity contribution in [1.29, 1.82) is 0 Å². The van der Waals surface area contributed by atoms with Crippen LogP contribution in [0.2, 0.25) is 0 Å². The summed E-state index contributed by atoms with van der Waals surface area (Å²) < 4.78 is 2.94. The maximum Gasteiger partial charge on any atom is 0.0437 e. The summed E-state index contributed by atoms with van der Waals surface area (Å²) in [6.07, 6.45) is 7.32. The van der Waals surface area contributed by atoms with Gasteiger partial charge >= 0.3 is 0 Å². The zero-order valence-corrected chi connectivity index (χ0v) is 24.8. The zero-order valence-electron chi connectivity index (χ0n) is 23.1. The van der Waals surface area contributed by atoms with Crippen molar-refractivity contribution in [3.05, 3.63) is 135 Å². The van der Waals surface area contributed by atoms with E-state index < -0.39 is 0 Å². The molecule has 0 atom stereocenters. The SMILES string of the molecule is CCCCc1cc2c(s1)=c1cc(-c3ccccc3)c3c4c(cc(-c5ccccc5)c=2c14)=c1cc(CCCC)sc1=3. The van der Waals surface area contributed by atoms with E-state index in [0.29, 0.717) is 0 Å². The van der Waals surface area contributed by atoms with Crippen molar-refractivity contribution in [3.63, 3.8) is 0 Å². The van der Waals surface area contributed by atoms with Crippen LogP contribution in [0.15, 0.2) is 84.9 Å². The minimum absolute atomic E-state index is 1.17. The fourth-order valence-electron chi connectivity index (χ4n) is 6.84. The number of thiophene rings is 2. The number of fused-ring (bicyclic) bond motifs is 2. The summed E-state index contributed by atoms with van der Waals surface area (Å²) in [5.74, 6) is 0. The van der Waals surface area contributed by atoms with E-state index in [1.165, 1.54) is 122 Å². The number of rotatable bonds is 8. The molecular formula is C38H32S2. The molecule has 4 aromatic carbocycles. The lowest BCUT2D eigenvalue weighted by Gasteiger charge is -2.10. The minimum atomic E-state index is 1.17. The van der Waals surface area contributed by atoms with Crippen molar-refractivity contribution >= 4 is 33.4 Å². The molecule has 2 aliphatic rings. The molecule has 2 aliphatic carbocycles. The largest absolute Gasteiger partial charge is 0.140 e. The predicted octanol–water partition coefficient (Wildman–Crippen LogP) is 10.8. The lowest BCUT2D eigenvalue weighted by Crippen LogP contribution is -1.89. The topological polar surface area (TPSA) is 0 Å². The summed E-state index contributed by atoms with van der Waals surface area (Å²) in [6, 6.07) is 32.3. The van der Waals surface area contributed by atoms with E-state index >= 15 is 0 Å². The molecule has 0 radical (unpaired) electrons. The van der Waals surface area contributed by atoms with E-state index in [4.69, 9.17) is 0 Å². The normalized spacial score (nSPS) is 12.3. The Morgan fingerprint density at radius 3 is 1.65 bits per heavy atom. The molecule has 0 amide bonds. The van der Waals surface area contributed by atoms with E-state index in [9.17, 15) is 0 Å². The van der Waals surface area contributed by atoms with E-state index in [1.54, 1.807) is 0 Å². The fourth-order valence-corrected chi connectivity index (χ4v) is 9.34. The van der Waals surface area contributed by atoms with Crippen LogP contribution in [0.5, 0.6) is 0 Å². The highest BCUT2D eigenvalue weighted by Crippen LogP contribution is 2.41. The summed E-state index contributed by atoms with van der Waals surface area (Å²) in [4.78, 5) is 3.04. The van der Waals surface area contributed by atoms with Gasteiger partial charge in [0.05, 0.1) is 0 Å². The molecule has 8 rings (SSSR count). The van der Waals surface area contributed by atoms with Gasteiger partial charge in [-0.15, -0.1) is 22.7 Å². The molecule has 0 spiro atoms. The van der Waals surface area contributed by atoms with Gasteiger partial charge in [0.25, 0.3) is 0 Å². The Bertz CT molecular complexity index is 2160. The van der Waals surface area contributed by atoms with Gasteiger partial charge in [0, 0.05) is 50.5 Å². The molecule has 0 nitrogen and oxygen atoms in total. The second-order valence-electron chi connectivity index (χ2n) is 11.3. The van der Waals surface area contributed by atoms with E-state index in [1.807, 2.05) is 22.7 Å². The van der Waals surface area contributed by atoms with Crippen molar-refractivity contribution in [2.24, 2.45) is 0 Å². The smallest absolute Gasteiger partial charge is 0.0437 e. The molecule has 6 aromatic rings. The van der Waals surface area contributed by atoms with E-state index in [2.05, 4.69) is 98.8 Å². The number of benzene rings is 4. The maximum absolute atomic E-state index is 2.54. The fraction of sp³-hybridized carbons (Fsp3) is 0.211. The van der Waals surface area contributed by atoms with Gasteiger partial charge in [-0.1, -0.05) is 87.4 Å². The third-order valence-corrected chi connectivity index (χ3v) is 11.2. The third kappa shape index (κ3) is 3.56. The van der Waals surface area contributed by atoms with Crippen LogP contribution in [0.4, 0.5) is 0 Å². The van der Waals surface area contributed by atoms with Crippen LogP contribution in [-0.4, -0.2) is 0 Å². The molecule has 0 aliphatic heterocycles. The van der Waals surface area contributed by atoms with Crippen molar-refractivity contribution < 1.29 is 0 Å². The van der Waals surface area contributed by atoms with E-state index in [-0.39, 0.29) is 0 Å². The molecule has 0 saturated heterocycles. The molecule has 0 bridgehead atoms. The molecule has 0 N–H and O–H groups in total. The van der Waals surface area contributed by atoms with Gasteiger partial charge in [0.1, 0.15) is 0 Å². The van der Waals surface area contributed by atoms with Crippen molar-refractivity contribution in [1.82, 2.24) is 0 Å². The first kappa shape index (κ1) is 24.3. The molecule has 2 heterocycles. The number of unbranched alkanes of at least 4 members (excludes halogenated alkanes) is 2. The van der Waals surface area contributed by atoms with Gasteiger partial charge in [-0.25, -0.2) is 0 Å². The number of hydrogen-bond acceptors (Lipinski definition) is 2. The standard InChI is InChI=1S/C38H32S2/c1-3-5-17-25-19-30-29-21-27(23-13-9-7-10-14-23)33-31-20-26(18-6-4-2)39-37(31)32-22-28(24-15-11-8-12-16-24)36(38(30)40-25)34(29)35(32)33/h7-16,19-22H,3-6,17-18H2,1-2H3. The second kappa shape index (κ2) is 9.58. The molecule has 2 heteroatoms. The Morgan fingerprint density at radius 1 is 0.500 bits per heavy atom. The van der Waals surface area contributed by atoms with Gasteiger partial charge in [0.15, 0.2) is 0 Å². The average Bonchev–Trinajstić information content (AvgIpc) is 3.74. The lowest BCUT2D eigenvalue weighted by atomic mass is 9.93. The first-order valence-corrected chi connectivity index (χ1v) is 16.5. The quantitative estimate of drug-likeness (QED) is 0.176. The van der Waals surface area contributed by atoms with Gasteiger partial charge in [-0.2, -0.15) is 0 Å². The van der Waals surface area contributed by atoms with Crippen LogP contribution in [-0.2, 0) is 12.8 Å². The van der Waals surface area contributed by atoms with Crippen molar-refractivity contribution in [2.45, 2.75) is 52.4 Å². The van der Waals surface area contributed by atoms with Crippen LogP contribution in [0.25, 0.3) is 33.0 Å². The molecule has 0 unspecified atom stereocenters. The highest BCUT2D eigenvalue weighted by molar-refractivity contribution is 7.10.